The lowest BCUT2D eigenvalue weighted by atomic mass is 9.77. The summed E-state index contributed by atoms with van der Waals surface area (Å²) in [5.74, 6) is 0.170. The van der Waals surface area contributed by atoms with E-state index in [2.05, 4.69) is 30.6 Å². The first-order chi connectivity index (χ1) is 14.7. The molecule has 2 aliphatic rings. The van der Waals surface area contributed by atoms with E-state index in [-0.39, 0.29) is 11.3 Å². The molecular weight excluding hydrogens is 398 g/mol. The lowest BCUT2D eigenvalue weighted by Gasteiger charge is -2.55. The Morgan fingerprint density at radius 3 is 2.70 bits per heavy atom. The van der Waals surface area contributed by atoms with Crippen molar-refractivity contribution in [3.63, 3.8) is 0 Å². The predicted octanol–water partition coefficient (Wildman–Crippen LogP) is 3.18. The molecule has 3 aromatic heterocycles. The molecule has 2 aliphatic heterocycles. The topological polar surface area (TPSA) is 103 Å². The van der Waals surface area contributed by atoms with Gasteiger partial charge >= 0.3 is 0 Å². The van der Waals surface area contributed by atoms with Crippen molar-refractivity contribution in [1.29, 1.82) is 0 Å². The molecule has 0 radical (unpaired) electrons. The Labute approximate surface area is 177 Å². The summed E-state index contributed by atoms with van der Waals surface area (Å²) in [6, 6.07) is 7.52. The van der Waals surface area contributed by atoms with E-state index in [0.717, 1.165) is 53.4 Å². The lowest BCUT2D eigenvalue weighted by Crippen LogP contribution is -2.64. The second-order valence-electron chi connectivity index (χ2n) is 8.01. The number of phenolic OH excluding ortho intramolecular Hbond substituents is 1. The minimum atomic E-state index is 0.170. The van der Waals surface area contributed by atoms with Crippen molar-refractivity contribution >= 4 is 26.8 Å². The van der Waals surface area contributed by atoms with Crippen molar-refractivity contribution in [2.75, 3.05) is 24.5 Å². The van der Waals surface area contributed by atoms with Crippen LogP contribution in [0.1, 0.15) is 19.3 Å². The molecule has 0 bridgehead atoms. The molecule has 9 heteroatoms. The van der Waals surface area contributed by atoms with Crippen LogP contribution in [0.15, 0.2) is 36.7 Å². The van der Waals surface area contributed by atoms with Crippen molar-refractivity contribution in [3.05, 3.63) is 36.7 Å². The second-order valence-corrected chi connectivity index (χ2v) is 9.02. The van der Waals surface area contributed by atoms with Crippen molar-refractivity contribution in [2.24, 2.45) is 0 Å². The predicted molar refractivity (Wildman–Crippen MR) is 117 cm³/mol. The molecule has 0 saturated carbocycles. The number of fused-ring (bicyclic) bond motifs is 1. The van der Waals surface area contributed by atoms with E-state index in [9.17, 15) is 5.11 Å². The summed E-state index contributed by atoms with van der Waals surface area (Å²) in [7, 11) is 0. The number of thiazole rings is 1. The highest BCUT2D eigenvalue weighted by molar-refractivity contribution is 7.22. The highest BCUT2D eigenvalue weighted by Crippen LogP contribution is 2.44. The van der Waals surface area contributed by atoms with Crippen LogP contribution in [-0.2, 0) is 0 Å². The molecule has 30 heavy (non-hydrogen) atoms. The first-order valence-corrected chi connectivity index (χ1v) is 11.0. The summed E-state index contributed by atoms with van der Waals surface area (Å²) in [5, 5.41) is 30.5. The fourth-order valence-electron chi connectivity index (χ4n) is 4.57. The summed E-state index contributed by atoms with van der Waals surface area (Å²) in [5.41, 5.74) is 4.05. The van der Waals surface area contributed by atoms with Gasteiger partial charge in [0, 0.05) is 29.4 Å². The number of aromatic amines is 1. The van der Waals surface area contributed by atoms with Gasteiger partial charge in [0.2, 0.25) is 0 Å². The van der Waals surface area contributed by atoms with Crippen molar-refractivity contribution in [3.8, 4) is 28.1 Å². The van der Waals surface area contributed by atoms with Crippen molar-refractivity contribution in [2.45, 2.75) is 24.8 Å². The third kappa shape index (κ3) is 2.77. The maximum absolute atomic E-state index is 10.6. The Kier molecular flexibility index (Phi) is 4.00. The third-order valence-electron chi connectivity index (χ3n) is 6.39. The van der Waals surface area contributed by atoms with Crippen LogP contribution in [0.2, 0.25) is 0 Å². The standard InChI is InChI=1S/C21H21N7OS/c29-17-9-13(14-11-23-24-12-14)1-2-15(17)16-10-18-19(27-26-16)25-20(30-18)28-8-5-21(28)3-6-22-7-4-21/h1-2,9-12,22,29H,3-8H2,(H,23,24). The van der Waals surface area contributed by atoms with Gasteiger partial charge in [0.05, 0.1) is 16.6 Å². The van der Waals surface area contributed by atoms with Gasteiger partial charge in [0.25, 0.3) is 0 Å². The normalized spacial score (nSPS) is 18.1. The van der Waals surface area contributed by atoms with Crippen LogP contribution in [0, 0.1) is 0 Å². The molecule has 2 fully saturated rings. The number of piperidine rings is 1. The smallest absolute Gasteiger partial charge is 0.194 e. The molecule has 8 nitrogen and oxygen atoms in total. The molecule has 0 amide bonds. The zero-order valence-corrected chi connectivity index (χ0v) is 17.1. The molecule has 4 aromatic rings. The van der Waals surface area contributed by atoms with Crippen LogP contribution in [-0.4, -0.2) is 55.7 Å². The Morgan fingerprint density at radius 2 is 1.97 bits per heavy atom. The number of rotatable bonds is 3. The van der Waals surface area contributed by atoms with Crippen molar-refractivity contribution < 1.29 is 5.11 Å². The Bertz CT molecular complexity index is 1210. The van der Waals surface area contributed by atoms with Crippen LogP contribution >= 0.6 is 11.3 Å². The highest BCUT2D eigenvalue weighted by atomic mass is 32.1. The number of anilines is 1. The summed E-state index contributed by atoms with van der Waals surface area (Å²) >= 11 is 1.66. The fraction of sp³-hybridized carbons (Fsp3) is 0.333. The lowest BCUT2D eigenvalue weighted by molar-refractivity contribution is 0.206. The Hall–Kier alpha value is -3.04. The van der Waals surface area contributed by atoms with E-state index >= 15 is 0 Å². The SMILES string of the molecule is Oc1cc(-c2cn[nH]c2)ccc1-c1cc2sc(N3CCC34CCNCC4)nc2nn1. The van der Waals surface area contributed by atoms with Gasteiger partial charge in [-0.2, -0.15) is 10.1 Å². The van der Waals surface area contributed by atoms with Crippen LogP contribution < -0.4 is 10.2 Å². The van der Waals surface area contributed by atoms with E-state index < -0.39 is 0 Å². The molecule has 0 unspecified atom stereocenters. The van der Waals surface area contributed by atoms with E-state index in [0.29, 0.717) is 16.9 Å². The molecular formula is C21H21N7OS. The number of H-pyrrole nitrogens is 1. The molecule has 0 atom stereocenters. The maximum Gasteiger partial charge on any atom is 0.194 e. The van der Waals surface area contributed by atoms with Gasteiger partial charge in [0.1, 0.15) is 5.75 Å². The van der Waals surface area contributed by atoms with Gasteiger partial charge in [-0.15, -0.1) is 10.2 Å². The first kappa shape index (κ1) is 17.8. The van der Waals surface area contributed by atoms with E-state index in [1.54, 1.807) is 29.8 Å². The molecule has 5 heterocycles. The maximum atomic E-state index is 10.6. The summed E-state index contributed by atoms with van der Waals surface area (Å²) in [4.78, 5) is 7.22. The van der Waals surface area contributed by atoms with Crippen LogP contribution in [0.5, 0.6) is 5.75 Å². The first-order valence-electron chi connectivity index (χ1n) is 10.2. The molecule has 3 N–H and O–H groups in total. The molecule has 0 aliphatic carbocycles. The summed E-state index contributed by atoms with van der Waals surface area (Å²) < 4.78 is 0.990. The summed E-state index contributed by atoms with van der Waals surface area (Å²) in [6.45, 7) is 3.19. The Morgan fingerprint density at radius 1 is 1.07 bits per heavy atom. The van der Waals surface area contributed by atoms with E-state index in [4.69, 9.17) is 4.98 Å². The monoisotopic (exact) mass is 419 g/mol. The van der Waals surface area contributed by atoms with Gasteiger partial charge in [-0.05, 0) is 56.1 Å². The van der Waals surface area contributed by atoms with E-state index in [1.807, 2.05) is 18.2 Å². The second kappa shape index (κ2) is 6.75. The number of nitrogens with one attached hydrogen (secondary N) is 2. The van der Waals surface area contributed by atoms with Gasteiger partial charge in [-0.25, -0.2) is 0 Å². The molecule has 1 aromatic carbocycles. The van der Waals surface area contributed by atoms with Gasteiger partial charge < -0.3 is 15.3 Å². The minimum absolute atomic E-state index is 0.170. The average molecular weight is 420 g/mol. The van der Waals surface area contributed by atoms with Crippen LogP contribution in [0.4, 0.5) is 5.13 Å². The molecule has 152 valence electrons. The zero-order valence-electron chi connectivity index (χ0n) is 16.3. The molecule has 2 saturated heterocycles. The third-order valence-corrected chi connectivity index (χ3v) is 7.40. The van der Waals surface area contributed by atoms with Gasteiger partial charge in [0.15, 0.2) is 10.8 Å². The Balaban J connectivity index is 1.33. The number of nitrogens with zero attached hydrogens (tertiary/aromatic N) is 5. The van der Waals surface area contributed by atoms with Crippen LogP contribution in [0.3, 0.4) is 0 Å². The molecule has 6 rings (SSSR count). The fourth-order valence-corrected chi connectivity index (χ4v) is 5.64. The van der Waals surface area contributed by atoms with E-state index in [1.165, 1.54) is 6.42 Å². The largest absolute Gasteiger partial charge is 0.507 e. The van der Waals surface area contributed by atoms with Crippen LogP contribution in [0.25, 0.3) is 32.7 Å². The minimum Gasteiger partial charge on any atom is -0.507 e. The number of hydrogen-bond donors (Lipinski definition) is 3. The highest BCUT2D eigenvalue weighted by Gasteiger charge is 2.46. The molecule has 1 spiro atoms. The van der Waals surface area contributed by atoms with Crippen molar-refractivity contribution in [1.82, 2.24) is 30.7 Å². The number of aromatic hydroxyl groups is 1. The number of aromatic nitrogens is 5. The number of benzene rings is 1. The van der Waals surface area contributed by atoms with Gasteiger partial charge in [-0.1, -0.05) is 17.4 Å². The zero-order chi connectivity index (χ0) is 20.1. The van der Waals surface area contributed by atoms with Gasteiger partial charge in [-0.3, -0.25) is 5.10 Å². The number of hydrogen-bond acceptors (Lipinski definition) is 8. The number of phenols is 1. The quantitative estimate of drug-likeness (QED) is 0.469. The summed E-state index contributed by atoms with van der Waals surface area (Å²) in [6.07, 6.45) is 7.08. The average Bonchev–Trinajstić information content (AvgIpc) is 3.43.